The summed E-state index contributed by atoms with van der Waals surface area (Å²) < 4.78 is 39.9. The highest BCUT2D eigenvalue weighted by atomic mass is 19.4. The monoisotopic (exact) mass is 406 g/mol. The number of benzene rings is 2. The van der Waals surface area contributed by atoms with Crippen molar-refractivity contribution in [3.05, 3.63) is 64.7 Å². The first-order valence-electron chi connectivity index (χ1n) is 9.17. The smallest absolute Gasteiger partial charge is 0.391 e. The lowest BCUT2D eigenvalue weighted by Gasteiger charge is -2.18. The van der Waals surface area contributed by atoms with Gasteiger partial charge in [-0.2, -0.15) is 13.2 Å². The second-order valence-corrected chi connectivity index (χ2v) is 7.20. The van der Waals surface area contributed by atoms with E-state index in [9.17, 15) is 27.9 Å². The highest BCUT2D eigenvalue weighted by Gasteiger charge is 2.33. The van der Waals surface area contributed by atoms with Gasteiger partial charge in [0.1, 0.15) is 0 Å². The largest absolute Gasteiger partial charge is 0.416 e. The summed E-state index contributed by atoms with van der Waals surface area (Å²) in [6, 6.07) is 10.0. The average Bonchev–Trinajstić information content (AvgIpc) is 3.08. The molecule has 2 N–H and O–H groups in total. The Kier molecular flexibility index (Phi) is 5.93. The predicted molar refractivity (Wildman–Crippen MR) is 101 cm³/mol. The van der Waals surface area contributed by atoms with Gasteiger partial charge in [0, 0.05) is 24.3 Å². The number of hydrogen-bond acceptors (Lipinski definition) is 3. The van der Waals surface area contributed by atoms with Crippen molar-refractivity contribution in [3.8, 4) is 0 Å². The third-order valence-electron chi connectivity index (χ3n) is 4.73. The molecule has 5 nitrogen and oxygen atoms in total. The maximum atomic E-state index is 13.3. The number of carbonyl (C=O) groups is 2. The highest BCUT2D eigenvalue weighted by Crippen LogP contribution is 2.32. The number of β-amino-alcohol motifs (C(OH)–C–C–N with tert-alkyl or cyclic N) is 1. The van der Waals surface area contributed by atoms with Gasteiger partial charge in [0.25, 0.3) is 5.91 Å². The van der Waals surface area contributed by atoms with Crippen molar-refractivity contribution < 1.29 is 27.9 Å². The van der Waals surface area contributed by atoms with E-state index in [1.54, 1.807) is 12.1 Å². The molecule has 1 atom stereocenters. The van der Waals surface area contributed by atoms with Crippen molar-refractivity contribution in [2.45, 2.75) is 32.0 Å². The van der Waals surface area contributed by atoms with Gasteiger partial charge in [0.05, 0.1) is 18.1 Å². The van der Waals surface area contributed by atoms with Crippen molar-refractivity contribution >= 4 is 17.5 Å². The Morgan fingerprint density at radius 2 is 1.86 bits per heavy atom. The molecule has 1 aliphatic rings. The SMILES string of the molecule is Cc1ccc(CC(=O)Nc2cc(C(=O)N3CC[C@H](O)C3)cc(C(F)(F)F)c2)cc1. The Balaban J connectivity index is 1.82. The summed E-state index contributed by atoms with van der Waals surface area (Å²) in [5.74, 6) is -1.09. The molecule has 154 valence electrons. The third-order valence-corrected chi connectivity index (χ3v) is 4.73. The number of anilines is 1. The van der Waals surface area contributed by atoms with Gasteiger partial charge in [0.15, 0.2) is 0 Å². The minimum absolute atomic E-state index is 0.00186. The van der Waals surface area contributed by atoms with Crippen LogP contribution in [0.3, 0.4) is 0 Å². The number of nitrogens with one attached hydrogen (secondary N) is 1. The number of likely N-dealkylation sites (tertiary alicyclic amines) is 1. The first-order chi connectivity index (χ1) is 13.6. The number of rotatable bonds is 4. The van der Waals surface area contributed by atoms with Crippen LogP contribution in [0.4, 0.5) is 18.9 Å². The summed E-state index contributed by atoms with van der Waals surface area (Å²) >= 11 is 0. The number of hydrogen-bond donors (Lipinski definition) is 2. The predicted octanol–water partition coefficient (Wildman–Crippen LogP) is 3.40. The van der Waals surface area contributed by atoms with Crippen LogP contribution in [-0.4, -0.2) is 41.0 Å². The Bertz CT molecular complexity index is 910. The molecule has 3 rings (SSSR count). The molecule has 2 aromatic carbocycles. The van der Waals surface area contributed by atoms with E-state index < -0.39 is 29.7 Å². The molecule has 0 aromatic heterocycles. The van der Waals surface area contributed by atoms with Crippen molar-refractivity contribution in [2.24, 2.45) is 0 Å². The van der Waals surface area contributed by atoms with Crippen LogP contribution in [0.5, 0.6) is 0 Å². The minimum Gasteiger partial charge on any atom is -0.391 e. The van der Waals surface area contributed by atoms with Gasteiger partial charge in [0.2, 0.25) is 5.91 Å². The second kappa shape index (κ2) is 8.24. The van der Waals surface area contributed by atoms with Crippen LogP contribution in [0.15, 0.2) is 42.5 Å². The zero-order valence-electron chi connectivity index (χ0n) is 15.8. The number of aryl methyl sites for hydroxylation is 1. The number of aliphatic hydroxyl groups is 1. The lowest BCUT2D eigenvalue weighted by Crippen LogP contribution is -2.30. The fourth-order valence-corrected chi connectivity index (χ4v) is 3.19. The molecule has 2 aromatic rings. The fraction of sp³-hybridized carbons (Fsp3) is 0.333. The van der Waals surface area contributed by atoms with Crippen molar-refractivity contribution in [1.29, 1.82) is 0 Å². The van der Waals surface area contributed by atoms with Gasteiger partial charge in [-0.05, 0) is 37.1 Å². The normalized spacial score (nSPS) is 16.7. The molecule has 2 amide bonds. The van der Waals surface area contributed by atoms with E-state index in [0.717, 1.165) is 23.3 Å². The lowest BCUT2D eigenvalue weighted by atomic mass is 10.1. The number of aliphatic hydroxyl groups excluding tert-OH is 1. The van der Waals surface area contributed by atoms with Gasteiger partial charge in [-0.3, -0.25) is 9.59 Å². The van der Waals surface area contributed by atoms with Crippen molar-refractivity contribution in [1.82, 2.24) is 4.90 Å². The van der Waals surface area contributed by atoms with E-state index in [-0.39, 0.29) is 30.8 Å². The molecule has 0 saturated carbocycles. The molecular weight excluding hydrogens is 385 g/mol. The lowest BCUT2D eigenvalue weighted by molar-refractivity contribution is -0.137. The van der Waals surface area contributed by atoms with Crippen LogP contribution >= 0.6 is 0 Å². The molecule has 1 heterocycles. The first kappa shape index (κ1) is 20.9. The van der Waals surface area contributed by atoms with Crippen LogP contribution in [0.1, 0.15) is 33.5 Å². The van der Waals surface area contributed by atoms with E-state index in [2.05, 4.69) is 5.32 Å². The zero-order chi connectivity index (χ0) is 21.2. The fourth-order valence-electron chi connectivity index (χ4n) is 3.19. The number of alkyl halides is 3. The van der Waals surface area contributed by atoms with E-state index in [1.807, 2.05) is 19.1 Å². The summed E-state index contributed by atoms with van der Waals surface area (Å²) in [6.07, 6.45) is -4.97. The molecule has 0 radical (unpaired) electrons. The average molecular weight is 406 g/mol. The molecule has 0 unspecified atom stereocenters. The van der Waals surface area contributed by atoms with Gasteiger partial charge in [-0.15, -0.1) is 0 Å². The van der Waals surface area contributed by atoms with Gasteiger partial charge in [-0.1, -0.05) is 29.8 Å². The quantitative estimate of drug-likeness (QED) is 0.818. The molecule has 1 fully saturated rings. The molecule has 29 heavy (non-hydrogen) atoms. The molecule has 0 bridgehead atoms. The molecule has 0 aliphatic carbocycles. The molecule has 8 heteroatoms. The highest BCUT2D eigenvalue weighted by molar-refractivity contribution is 5.98. The van der Waals surface area contributed by atoms with E-state index >= 15 is 0 Å². The molecule has 1 saturated heterocycles. The topological polar surface area (TPSA) is 69.6 Å². The second-order valence-electron chi connectivity index (χ2n) is 7.20. The summed E-state index contributed by atoms with van der Waals surface area (Å²) in [7, 11) is 0. The summed E-state index contributed by atoms with van der Waals surface area (Å²) in [5.41, 5.74) is 0.456. The Morgan fingerprint density at radius 3 is 2.45 bits per heavy atom. The standard InChI is InChI=1S/C21H21F3N2O3/c1-13-2-4-14(5-3-13)8-19(28)25-17-10-15(9-16(11-17)21(22,23)24)20(29)26-7-6-18(27)12-26/h2-5,9-11,18,27H,6-8,12H2,1H3,(H,25,28)/t18-/m0/s1. The third kappa shape index (κ3) is 5.35. The van der Waals surface area contributed by atoms with Crippen LogP contribution in [0.25, 0.3) is 0 Å². The van der Waals surface area contributed by atoms with Crippen molar-refractivity contribution in [3.63, 3.8) is 0 Å². The Hall–Kier alpha value is -2.87. The van der Waals surface area contributed by atoms with Crippen LogP contribution in [0, 0.1) is 6.92 Å². The Morgan fingerprint density at radius 1 is 1.17 bits per heavy atom. The summed E-state index contributed by atoms with van der Waals surface area (Å²) in [5, 5.41) is 12.0. The van der Waals surface area contributed by atoms with Gasteiger partial charge in [-0.25, -0.2) is 0 Å². The number of amides is 2. The maximum absolute atomic E-state index is 13.3. The van der Waals surface area contributed by atoms with E-state index in [0.29, 0.717) is 6.42 Å². The van der Waals surface area contributed by atoms with E-state index in [1.165, 1.54) is 11.0 Å². The van der Waals surface area contributed by atoms with Gasteiger partial charge >= 0.3 is 6.18 Å². The summed E-state index contributed by atoms with van der Waals surface area (Å²) in [4.78, 5) is 26.2. The van der Waals surface area contributed by atoms with E-state index in [4.69, 9.17) is 0 Å². The minimum atomic E-state index is -4.67. The van der Waals surface area contributed by atoms with Crippen LogP contribution in [0.2, 0.25) is 0 Å². The first-order valence-corrected chi connectivity index (χ1v) is 9.17. The van der Waals surface area contributed by atoms with Crippen molar-refractivity contribution in [2.75, 3.05) is 18.4 Å². The summed E-state index contributed by atoms with van der Waals surface area (Å²) in [6.45, 7) is 2.25. The van der Waals surface area contributed by atoms with Crippen LogP contribution in [-0.2, 0) is 17.4 Å². The molecule has 0 spiro atoms. The zero-order valence-corrected chi connectivity index (χ0v) is 15.8. The Labute approximate surface area is 166 Å². The number of nitrogens with zero attached hydrogens (tertiary/aromatic N) is 1. The number of halogens is 3. The molecular formula is C21H21F3N2O3. The molecule has 1 aliphatic heterocycles. The maximum Gasteiger partial charge on any atom is 0.416 e. The van der Waals surface area contributed by atoms with Gasteiger partial charge < -0.3 is 15.3 Å². The number of carbonyl (C=O) groups excluding carboxylic acids is 2. The van der Waals surface area contributed by atoms with Crippen LogP contribution < -0.4 is 5.32 Å².